The number of aliphatic hydroxyl groups is 1. The first-order valence-electron chi connectivity index (χ1n) is 16.4. The molecule has 0 amide bonds. The van der Waals surface area contributed by atoms with Crippen LogP contribution in [0.4, 0.5) is 0 Å². The van der Waals surface area contributed by atoms with E-state index in [-0.39, 0.29) is 41.8 Å². The van der Waals surface area contributed by atoms with Crippen molar-refractivity contribution < 1.29 is 43.1 Å². The molecule has 0 saturated carbocycles. The Balaban J connectivity index is 0.00000433. The van der Waals surface area contributed by atoms with Gasteiger partial charge in [-0.05, 0) is 74.1 Å². The van der Waals surface area contributed by atoms with E-state index in [1.54, 1.807) is 0 Å². The molecular weight excluding hydrogens is 701 g/mol. The van der Waals surface area contributed by atoms with Crippen molar-refractivity contribution in [3.05, 3.63) is 104 Å². The molecule has 8 nitrogen and oxygen atoms in total. The molecule has 0 aromatic heterocycles. The van der Waals surface area contributed by atoms with Crippen LogP contribution in [-0.4, -0.2) is 67.0 Å². The van der Waals surface area contributed by atoms with Crippen LogP contribution < -0.4 is 29.3 Å². The van der Waals surface area contributed by atoms with Crippen molar-refractivity contribution in [1.82, 2.24) is 5.32 Å². The molecule has 2 atom stereocenters. The van der Waals surface area contributed by atoms with Crippen molar-refractivity contribution in [1.29, 1.82) is 0 Å². The van der Waals surface area contributed by atoms with Gasteiger partial charge in [0.15, 0.2) is 0 Å². The van der Waals surface area contributed by atoms with Gasteiger partial charge in [0, 0.05) is 52.8 Å². The van der Waals surface area contributed by atoms with Crippen LogP contribution in [0, 0.1) is 11.8 Å². The Morgan fingerprint density at radius 2 is 1.77 bits per heavy atom. The molecule has 1 aliphatic carbocycles. The molecule has 6 aliphatic rings. The van der Waals surface area contributed by atoms with Gasteiger partial charge < -0.3 is 43.6 Å². The average Bonchev–Trinajstić information content (AvgIpc) is 3.74. The van der Waals surface area contributed by atoms with E-state index in [0.29, 0.717) is 31.6 Å². The summed E-state index contributed by atoms with van der Waals surface area (Å²) in [7, 11) is 6.25. The molecule has 1 saturated heterocycles. The van der Waals surface area contributed by atoms with Crippen LogP contribution >= 0.6 is 0 Å². The number of aliphatic imine (C=N–C) groups is 3. The minimum atomic E-state index is -0.186. The molecule has 0 radical (unpaired) electrons. The van der Waals surface area contributed by atoms with E-state index in [1.807, 2.05) is 13.0 Å². The van der Waals surface area contributed by atoms with Crippen LogP contribution in [0.25, 0.3) is 0 Å². The number of aliphatic hydroxyl groups excluding tert-OH is 1. The monoisotopic (exact) mass is 747 g/mol. The first-order chi connectivity index (χ1) is 21.8. The van der Waals surface area contributed by atoms with E-state index in [0.717, 1.165) is 96.5 Å². The Hall–Kier alpha value is -3.57. The number of quaternary nitrogens is 1. The number of fused-ring (bicyclic) bond motifs is 5. The fourth-order valence-corrected chi connectivity index (χ4v) is 7.16. The van der Waals surface area contributed by atoms with Crippen LogP contribution in [0.2, 0.25) is 0 Å². The quantitative estimate of drug-likeness (QED) is 0.224. The van der Waals surface area contributed by atoms with E-state index >= 15 is 0 Å². The normalized spacial score (nSPS) is 23.4. The molecule has 0 aromatic rings. The van der Waals surface area contributed by atoms with Crippen LogP contribution in [0.15, 0.2) is 119 Å². The summed E-state index contributed by atoms with van der Waals surface area (Å²) in [4.78, 5) is 28.2. The fourth-order valence-electron chi connectivity index (χ4n) is 7.16. The number of hydrogen-bond acceptors (Lipinski definition) is 7. The molecule has 248 valence electrons. The molecule has 2 N–H and O–H groups in total. The van der Waals surface area contributed by atoms with E-state index in [2.05, 4.69) is 79.0 Å². The molecule has 8 bridgehead atoms. The van der Waals surface area contributed by atoms with Gasteiger partial charge in [0.2, 0.25) is 0 Å². The maximum absolute atomic E-state index is 12.9. The largest absolute Gasteiger partial charge is 1.00 e. The SMILES string of the molecule is C=CC1=C(C)C2=NC1=CC1=NC(=CC3=C(C)C4=C(O)CC(=C5NC(=C2)[C@@H](C)[C@@H]5CCC(=O)OCC[N+](C)(C)C)C4=N3)C(CC)=C1C.[I-]. The summed E-state index contributed by atoms with van der Waals surface area (Å²) in [6, 6.07) is 0. The lowest BCUT2D eigenvalue weighted by Crippen LogP contribution is -3.00. The predicted octanol–water partition coefficient (Wildman–Crippen LogP) is 3.88. The summed E-state index contributed by atoms with van der Waals surface area (Å²) in [6.07, 6.45) is 10.3. The highest BCUT2D eigenvalue weighted by atomic mass is 127. The van der Waals surface area contributed by atoms with Crippen LogP contribution in [-0.2, 0) is 9.53 Å². The molecule has 0 spiro atoms. The Labute approximate surface area is 295 Å². The summed E-state index contributed by atoms with van der Waals surface area (Å²) in [5.74, 6) is 0.238. The molecular formula is C38H46IN5O3. The number of hydrogen-bond donors (Lipinski definition) is 2. The van der Waals surface area contributed by atoms with Gasteiger partial charge in [-0.3, -0.25) is 4.79 Å². The number of nitrogens with one attached hydrogen (secondary N) is 1. The summed E-state index contributed by atoms with van der Waals surface area (Å²) in [5.41, 5.74) is 14.3. The zero-order chi connectivity index (χ0) is 33.1. The van der Waals surface area contributed by atoms with Gasteiger partial charge in [-0.1, -0.05) is 26.5 Å². The predicted molar refractivity (Wildman–Crippen MR) is 185 cm³/mol. The lowest BCUT2D eigenvalue weighted by atomic mass is 9.86. The van der Waals surface area contributed by atoms with Crippen molar-refractivity contribution in [2.45, 2.75) is 60.3 Å². The van der Waals surface area contributed by atoms with Crippen LogP contribution in [0.3, 0.4) is 0 Å². The minimum Gasteiger partial charge on any atom is -1.00 e. The van der Waals surface area contributed by atoms with E-state index in [9.17, 15) is 9.90 Å². The van der Waals surface area contributed by atoms with Gasteiger partial charge >= 0.3 is 5.97 Å². The minimum absolute atomic E-state index is 0. The Bertz CT molecular complexity index is 1810. The number of likely N-dealkylation sites (N-methyl/N-ethyl adjacent to an activating group) is 1. The lowest BCUT2D eigenvalue weighted by molar-refractivity contribution is -0.870. The Kier molecular flexibility index (Phi) is 9.72. The molecule has 6 rings (SSSR count). The van der Waals surface area contributed by atoms with Gasteiger partial charge in [0.05, 0.1) is 55.4 Å². The Morgan fingerprint density at radius 3 is 2.45 bits per heavy atom. The second kappa shape index (κ2) is 13.1. The third kappa shape index (κ3) is 6.36. The van der Waals surface area contributed by atoms with Crippen molar-refractivity contribution in [2.24, 2.45) is 26.8 Å². The van der Waals surface area contributed by atoms with E-state index < -0.39 is 0 Å². The lowest BCUT2D eigenvalue weighted by Gasteiger charge is -2.23. The molecule has 9 heteroatoms. The maximum Gasteiger partial charge on any atom is 0.306 e. The van der Waals surface area contributed by atoms with Gasteiger partial charge in [-0.2, -0.15) is 0 Å². The van der Waals surface area contributed by atoms with Crippen LogP contribution in [0.5, 0.6) is 0 Å². The molecule has 5 heterocycles. The third-order valence-electron chi connectivity index (χ3n) is 9.99. The number of nitrogens with zero attached hydrogens (tertiary/aromatic N) is 4. The number of esters is 1. The summed E-state index contributed by atoms with van der Waals surface area (Å²) in [6.45, 7) is 15.8. The first-order valence-corrected chi connectivity index (χ1v) is 16.4. The number of ether oxygens (including phenoxy) is 1. The van der Waals surface area contributed by atoms with Gasteiger partial charge in [-0.25, -0.2) is 15.0 Å². The van der Waals surface area contributed by atoms with Crippen LogP contribution in [0.1, 0.15) is 60.3 Å². The molecule has 47 heavy (non-hydrogen) atoms. The van der Waals surface area contributed by atoms with Crippen molar-refractivity contribution in [2.75, 3.05) is 34.3 Å². The highest BCUT2D eigenvalue weighted by Gasteiger charge is 2.41. The molecule has 1 fully saturated rings. The van der Waals surface area contributed by atoms with Crippen molar-refractivity contribution in [3.8, 4) is 0 Å². The van der Waals surface area contributed by atoms with Gasteiger partial charge in [0.1, 0.15) is 18.9 Å². The third-order valence-corrected chi connectivity index (χ3v) is 9.99. The highest BCUT2D eigenvalue weighted by molar-refractivity contribution is 6.21. The molecule has 0 aromatic carbocycles. The standard InChI is InChI=1S/C38H45N5O3.HI/c1-10-24-20(3)28-17-30-22(5)26(12-13-35(45)46-15-14-43(7,8)9)37(41-30)27-16-34(44)36-23(6)31(42-38(27)36)19-33-25(11-2)21(4)29(40-33)18-32(24)39-28;/h10,17-19,22,26H,1,11-16H2,2-9H3,(H-,39,40,41,42,44);1H/t22-,26-;/m0./s1. The number of halogens is 1. The topological polar surface area (TPSA) is 95.6 Å². The van der Waals surface area contributed by atoms with Gasteiger partial charge in [-0.15, -0.1) is 0 Å². The van der Waals surface area contributed by atoms with Crippen molar-refractivity contribution >= 4 is 23.1 Å². The zero-order valence-electron chi connectivity index (χ0n) is 28.8. The number of carbonyl (C=O) groups is 1. The average molecular weight is 748 g/mol. The van der Waals surface area contributed by atoms with Gasteiger partial charge in [0.25, 0.3) is 0 Å². The smallest absolute Gasteiger partial charge is 0.306 e. The maximum atomic E-state index is 12.9. The molecule has 5 aliphatic heterocycles. The number of rotatable bonds is 8. The van der Waals surface area contributed by atoms with Crippen molar-refractivity contribution in [3.63, 3.8) is 0 Å². The number of allylic oxidation sites excluding steroid dienone is 12. The zero-order valence-corrected chi connectivity index (χ0v) is 31.0. The highest BCUT2D eigenvalue weighted by Crippen LogP contribution is 2.46. The Morgan fingerprint density at radius 1 is 1.06 bits per heavy atom. The molecule has 0 unspecified atom stereocenters. The number of carbonyl (C=O) groups excluding carboxylic acids is 1. The van der Waals surface area contributed by atoms with E-state index in [4.69, 9.17) is 19.7 Å². The second-order valence-corrected chi connectivity index (χ2v) is 14.0. The summed E-state index contributed by atoms with van der Waals surface area (Å²) < 4.78 is 6.36. The fraction of sp³-hybridized carbons (Fsp3) is 0.421. The second-order valence-electron chi connectivity index (χ2n) is 14.0. The summed E-state index contributed by atoms with van der Waals surface area (Å²) in [5, 5.41) is 15.0. The first kappa shape index (κ1) is 34.8. The van der Waals surface area contributed by atoms with E-state index in [1.165, 1.54) is 5.57 Å². The summed E-state index contributed by atoms with van der Waals surface area (Å²) >= 11 is 0.